The van der Waals surface area contributed by atoms with E-state index in [-0.39, 0.29) is 5.82 Å². The first-order valence-electron chi connectivity index (χ1n) is 6.52. The lowest BCUT2D eigenvalue weighted by molar-refractivity contribution is 0.241. The van der Waals surface area contributed by atoms with Gasteiger partial charge < -0.3 is 4.74 Å². The van der Waals surface area contributed by atoms with Crippen LogP contribution >= 0.6 is 0 Å². The second kappa shape index (κ2) is 6.55. The average Bonchev–Trinajstić information content (AvgIpc) is 2.40. The molecule has 2 nitrogen and oxygen atoms in total. The largest absolute Gasteiger partial charge is 0.490 e. The summed E-state index contributed by atoms with van der Waals surface area (Å²) in [6.45, 7) is 5.67. The normalized spacial score (nSPS) is 15.9. The smallest absolute Gasteiger partial charge is 0.165 e. The van der Waals surface area contributed by atoms with E-state index in [0.29, 0.717) is 12.4 Å². The number of benzene rings is 1. The van der Waals surface area contributed by atoms with Gasteiger partial charge in [-0.2, -0.15) is 0 Å². The van der Waals surface area contributed by atoms with E-state index in [4.69, 9.17) is 4.74 Å². The lowest BCUT2D eigenvalue weighted by Crippen LogP contribution is -2.29. The van der Waals surface area contributed by atoms with E-state index in [1.807, 2.05) is 6.92 Å². The molecule has 18 heavy (non-hydrogen) atoms. The minimum atomic E-state index is -0.276. The lowest BCUT2D eigenvalue weighted by Gasteiger charge is -2.22. The SMILES string of the molecule is Cc1ccc(F)c(OCCCN2CC=CCC2)c1. The van der Waals surface area contributed by atoms with Gasteiger partial charge in [0.05, 0.1) is 6.61 Å². The van der Waals surface area contributed by atoms with Crippen molar-refractivity contribution in [2.75, 3.05) is 26.2 Å². The maximum Gasteiger partial charge on any atom is 0.165 e. The highest BCUT2D eigenvalue weighted by Gasteiger charge is 2.06. The number of aryl methyl sites for hydroxylation is 1. The predicted octanol–water partition coefficient (Wildman–Crippen LogP) is 3.16. The molecular formula is C15H20FNO. The van der Waals surface area contributed by atoms with E-state index in [0.717, 1.165) is 38.0 Å². The van der Waals surface area contributed by atoms with Crippen molar-refractivity contribution in [2.45, 2.75) is 19.8 Å². The van der Waals surface area contributed by atoms with Gasteiger partial charge in [-0.05, 0) is 37.5 Å². The van der Waals surface area contributed by atoms with Gasteiger partial charge in [-0.3, -0.25) is 4.90 Å². The summed E-state index contributed by atoms with van der Waals surface area (Å²) in [4.78, 5) is 2.38. The summed E-state index contributed by atoms with van der Waals surface area (Å²) in [7, 11) is 0. The zero-order chi connectivity index (χ0) is 12.8. The third-order valence-electron chi connectivity index (χ3n) is 3.11. The number of halogens is 1. The Morgan fingerprint density at radius 2 is 2.22 bits per heavy atom. The van der Waals surface area contributed by atoms with Gasteiger partial charge in [0, 0.05) is 19.6 Å². The highest BCUT2D eigenvalue weighted by Crippen LogP contribution is 2.18. The lowest BCUT2D eigenvalue weighted by atomic mass is 10.2. The molecule has 98 valence electrons. The van der Waals surface area contributed by atoms with Crippen LogP contribution in [0.4, 0.5) is 4.39 Å². The molecule has 0 aliphatic carbocycles. The van der Waals surface area contributed by atoms with Crippen molar-refractivity contribution in [2.24, 2.45) is 0 Å². The first kappa shape index (κ1) is 13.1. The van der Waals surface area contributed by atoms with E-state index >= 15 is 0 Å². The predicted molar refractivity (Wildman–Crippen MR) is 71.4 cm³/mol. The van der Waals surface area contributed by atoms with E-state index in [9.17, 15) is 4.39 Å². The third kappa shape index (κ3) is 3.84. The third-order valence-corrected chi connectivity index (χ3v) is 3.11. The Balaban J connectivity index is 1.71. The van der Waals surface area contributed by atoms with Crippen LogP contribution in [0.15, 0.2) is 30.4 Å². The van der Waals surface area contributed by atoms with Crippen LogP contribution in [0.5, 0.6) is 5.75 Å². The van der Waals surface area contributed by atoms with Gasteiger partial charge in [0.15, 0.2) is 11.6 Å². The van der Waals surface area contributed by atoms with Crippen molar-refractivity contribution in [3.8, 4) is 5.75 Å². The number of hydrogen-bond acceptors (Lipinski definition) is 2. The van der Waals surface area contributed by atoms with Gasteiger partial charge in [-0.1, -0.05) is 18.2 Å². The topological polar surface area (TPSA) is 12.5 Å². The fraction of sp³-hybridized carbons (Fsp3) is 0.467. The van der Waals surface area contributed by atoms with E-state index in [2.05, 4.69) is 17.1 Å². The summed E-state index contributed by atoms with van der Waals surface area (Å²) in [5, 5.41) is 0. The molecule has 0 amide bonds. The van der Waals surface area contributed by atoms with Crippen LogP contribution < -0.4 is 4.74 Å². The second-order valence-corrected chi connectivity index (χ2v) is 4.70. The Bertz CT molecular complexity index is 417. The van der Waals surface area contributed by atoms with Crippen LogP contribution in [-0.4, -0.2) is 31.1 Å². The minimum absolute atomic E-state index is 0.276. The molecule has 0 saturated heterocycles. The molecule has 1 aromatic rings. The van der Waals surface area contributed by atoms with Crippen LogP contribution in [0.3, 0.4) is 0 Å². The summed E-state index contributed by atoms with van der Waals surface area (Å²) >= 11 is 0. The molecule has 0 bridgehead atoms. The molecule has 1 aromatic carbocycles. The minimum Gasteiger partial charge on any atom is -0.490 e. The zero-order valence-corrected chi connectivity index (χ0v) is 10.9. The van der Waals surface area contributed by atoms with Crippen molar-refractivity contribution in [3.63, 3.8) is 0 Å². The Hall–Kier alpha value is -1.35. The van der Waals surface area contributed by atoms with Crippen molar-refractivity contribution in [1.82, 2.24) is 4.90 Å². The quantitative estimate of drug-likeness (QED) is 0.587. The van der Waals surface area contributed by atoms with Crippen LogP contribution in [0.25, 0.3) is 0 Å². The summed E-state index contributed by atoms with van der Waals surface area (Å²) in [6.07, 6.45) is 6.48. The van der Waals surface area contributed by atoms with Crippen molar-refractivity contribution < 1.29 is 9.13 Å². The van der Waals surface area contributed by atoms with E-state index in [1.54, 1.807) is 12.1 Å². The molecular weight excluding hydrogens is 229 g/mol. The van der Waals surface area contributed by atoms with Gasteiger partial charge in [0.25, 0.3) is 0 Å². The van der Waals surface area contributed by atoms with Gasteiger partial charge in [-0.15, -0.1) is 0 Å². The molecule has 0 radical (unpaired) electrons. The first-order chi connectivity index (χ1) is 8.75. The van der Waals surface area contributed by atoms with Crippen LogP contribution in [0.1, 0.15) is 18.4 Å². The molecule has 0 saturated carbocycles. The standard InChI is InChI=1S/C15H20FNO/c1-13-6-7-14(16)15(12-13)18-11-5-10-17-8-3-2-4-9-17/h2-3,6-7,12H,4-5,8-11H2,1H3. The molecule has 0 aromatic heterocycles. The van der Waals surface area contributed by atoms with Gasteiger partial charge in [-0.25, -0.2) is 4.39 Å². The fourth-order valence-corrected chi connectivity index (χ4v) is 2.08. The highest BCUT2D eigenvalue weighted by molar-refractivity contribution is 5.29. The maximum atomic E-state index is 13.4. The molecule has 0 N–H and O–H groups in total. The number of rotatable bonds is 5. The molecule has 0 fully saturated rings. The van der Waals surface area contributed by atoms with Crippen LogP contribution in [0, 0.1) is 12.7 Å². The maximum absolute atomic E-state index is 13.4. The summed E-state index contributed by atoms with van der Waals surface area (Å²) in [6, 6.07) is 4.96. The highest BCUT2D eigenvalue weighted by atomic mass is 19.1. The van der Waals surface area contributed by atoms with Crippen LogP contribution in [-0.2, 0) is 0 Å². The van der Waals surface area contributed by atoms with E-state index in [1.165, 1.54) is 6.07 Å². The Morgan fingerprint density at radius 3 is 3.00 bits per heavy atom. The fourth-order valence-electron chi connectivity index (χ4n) is 2.08. The molecule has 0 spiro atoms. The van der Waals surface area contributed by atoms with Crippen LogP contribution in [0.2, 0.25) is 0 Å². The van der Waals surface area contributed by atoms with E-state index < -0.39 is 0 Å². The van der Waals surface area contributed by atoms with Crippen molar-refractivity contribution in [3.05, 3.63) is 41.7 Å². The first-order valence-corrected chi connectivity index (χ1v) is 6.52. The Labute approximate surface area is 108 Å². The Kier molecular flexibility index (Phi) is 4.76. The monoisotopic (exact) mass is 249 g/mol. The van der Waals surface area contributed by atoms with Crippen molar-refractivity contribution in [1.29, 1.82) is 0 Å². The molecule has 3 heteroatoms. The zero-order valence-electron chi connectivity index (χ0n) is 10.9. The molecule has 1 aliphatic rings. The average molecular weight is 249 g/mol. The van der Waals surface area contributed by atoms with Gasteiger partial charge in [0.1, 0.15) is 0 Å². The summed E-state index contributed by atoms with van der Waals surface area (Å²) in [5.41, 5.74) is 1.02. The molecule has 0 atom stereocenters. The summed E-state index contributed by atoms with van der Waals surface area (Å²) in [5.74, 6) is 0.0926. The van der Waals surface area contributed by atoms with Gasteiger partial charge in [0.2, 0.25) is 0 Å². The molecule has 1 heterocycles. The van der Waals surface area contributed by atoms with Crippen molar-refractivity contribution >= 4 is 0 Å². The number of ether oxygens (including phenoxy) is 1. The summed E-state index contributed by atoms with van der Waals surface area (Å²) < 4.78 is 18.9. The Morgan fingerprint density at radius 1 is 1.33 bits per heavy atom. The second-order valence-electron chi connectivity index (χ2n) is 4.70. The molecule has 0 unspecified atom stereocenters. The number of nitrogens with zero attached hydrogens (tertiary/aromatic N) is 1. The van der Waals surface area contributed by atoms with Gasteiger partial charge >= 0.3 is 0 Å². The molecule has 2 rings (SSSR count). The number of hydrogen-bond donors (Lipinski definition) is 0. The molecule has 1 aliphatic heterocycles.